The van der Waals surface area contributed by atoms with Gasteiger partial charge in [0, 0.05) is 59.2 Å². The number of amides is 1. The van der Waals surface area contributed by atoms with Gasteiger partial charge in [0.2, 0.25) is 5.91 Å². The van der Waals surface area contributed by atoms with Gasteiger partial charge in [-0.25, -0.2) is 14.6 Å². The number of aryl methyl sites for hydroxylation is 2. The lowest BCUT2D eigenvalue weighted by atomic mass is 10.0. The van der Waals surface area contributed by atoms with Gasteiger partial charge < -0.3 is 30.0 Å². The van der Waals surface area contributed by atoms with Crippen molar-refractivity contribution in [2.45, 2.75) is 32.9 Å². The van der Waals surface area contributed by atoms with Crippen molar-refractivity contribution in [3.05, 3.63) is 137 Å². The van der Waals surface area contributed by atoms with Gasteiger partial charge in [-0.3, -0.25) is 20.1 Å². The molecule has 4 N–H and O–H groups in total. The van der Waals surface area contributed by atoms with Crippen LogP contribution in [0, 0.1) is 13.8 Å². The topological polar surface area (TPSA) is 177 Å². The Morgan fingerprint density at radius 3 is 1.88 bits per heavy atom. The molecule has 0 bridgehead atoms. The van der Waals surface area contributed by atoms with E-state index in [1.807, 2.05) is 98.1 Å². The Labute approximate surface area is 335 Å². The number of nitrogens with one attached hydrogen (secondary N) is 2. The number of ether oxygens (including phenoxy) is 4. The van der Waals surface area contributed by atoms with Crippen LogP contribution >= 0.6 is 11.3 Å². The van der Waals surface area contributed by atoms with Crippen molar-refractivity contribution in [3.8, 4) is 33.8 Å². The summed E-state index contributed by atoms with van der Waals surface area (Å²) in [6, 6.07) is 27.7. The number of nitrogens with zero attached hydrogens (tertiary/aromatic N) is 3. The Hall–Kier alpha value is -6.64. The van der Waals surface area contributed by atoms with E-state index in [1.165, 1.54) is 25.6 Å². The number of nitrogens with two attached hydrogens (primary N) is 1. The first-order chi connectivity index (χ1) is 27.6. The molecule has 0 unspecified atom stereocenters. The first-order valence-electron chi connectivity index (χ1n) is 17.8. The Balaban J connectivity index is 0.000000261. The molecule has 6 aromatic rings. The second-order valence-electron chi connectivity index (χ2n) is 12.7. The molecule has 0 saturated carbocycles. The van der Waals surface area contributed by atoms with Gasteiger partial charge in [-0.05, 0) is 96.6 Å². The Morgan fingerprint density at radius 2 is 1.32 bits per heavy atom. The summed E-state index contributed by atoms with van der Waals surface area (Å²) in [5.41, 5.74) is 16.1. The zero-order valence-corrected chi connectivity index (χ0v) is 32.9. The third kappa shape index (κ3) is 13.3. The highest BCUT2D eigenvalue weighted by atomic mass is 32.1. The average Bonchev–Trinajstić information content (AvgIpc) is 3.75. The summed E-state index contributed by atoms with van der Waals surface area (Å²) in [4.78, 5) is 48.9. The molecule has 1 atom stereocenters. The number of hydrogen-bond donors (Lipinski definition) is 3. The molecule has 0 aliphatic rings. The van der Waals surface area contributed by atoms with Crippen LogP contribution in [0.4, 0.5) is 11.4 Å². The molecule has 14 heteroatoms. The number of rotatable bonds is 15. The molecule has 0 spiro atoms. The summed E-state index contributed by atoms with van der Waals surface area (Å²) >= 11 is 1.51. The van der Waals surface area contributed by atoms with Gasteiger partial charge in [0.1, 0.15) is 11.5 Å². The van der Waals surface area contributed by atoms with Gasteiger partial charge in [0.05, 0.1) is 31.5 Å². The number of carbonyl (C=O) groups is 3. The summed E-state index contributed by atoms with van der Waals surface area (Å²) in [6.07, 6.45) is 3.97. The molecule has 57 heavy (non-hydrogen) atoms. The first kappa shape index (κ1) is 41.5. The van der Waals surface area contributed by atoms with Crippen LogP contribution in [0.3, 0.4) is 0 Å². The Morgan fingerprint density at radius 1 is 0.719 bits per heavy atom. The van der Waals surface area contributed by atoms with E-state index in [-0.39, 0.29) is 19.1 Å². The normalized spacial score (nSPS) is 11.0. The van der Waals surface area contributed by atoms with Crippen LogP contribution in [0.1, 0.15) is 22.6 Å². The van der Waals surface area contributed by atoms with Crippen LogP contribution in [0.5, 0.6) is 11.5 Å². The van der Waals surface area contributed by atoms with Gasteiger partial charge in [0.25, 0.3) is 0 Å². The van der Waals surface area contributed by atoms with Crippen molar-refractivity contribution >= 4 is 40.6 Å². The van der Waals surface area contributed by atoms with Crippen molar-refractivity contribution in [1.29, 1.82) is 0 Å². The number of nitrogen functional groups attached to an aromatic ring is 1. The minimum absolute atomic E-state index is 0.144. The standard InChI is InChI=1S/C28H28N4O4S.C15H16N2O3/c1-19-10-21(8-9-29-19)22-12-23(14-25(13-22)36-16-27(33)35-2)32-28(34)26(11-20-6-4-3-5-7-20)30-15-24-17-37-18-31-24;1-10-5-11(3-4-17-10)12-6-13(16)8-14(7-12)20-9-15(18)19-2/h3-10,12-14,17-18,26,30H,11,15-16H2,1-2H3,(H,32,34);3-8H,9,16H2,1-2H3/t26-;/m0./s1. The number of hydrogen-bond acceptors (Lipinski definition) is 13. The summed E-state index contributed by atoms with van der Waals surface area (Å²) in [6.45, 7) is 3.91. The third-order valence-electron chi connectivity index (χ3n) is 8.34. The lowest BCUT2D eigenvalue weighted by molar-refractivity contribution is -0.143. The van der Waals surface area contributed by atoms with E-state index in [0.717, 1.165) is 44.9 Å². The van der Waals surface area contributed by atoms with Crippen LogP contribution in [-0.2, 0) is 36.8 Å². The minimum atomic E-state index is -0.504. The summed E-state index contributed by atoms with van der Waals surface area (Å²) in [7, 11) is 2.62. The summed E-state index contributed by atoms with van der Waals surface area (Å²) in [5, 5.41) is 8.32. The Kier molecular flexibility index (Phi) is 15.2. The smallest absolute Gasteiger partial charge is 0.343 e. The average molecular weight is 789 g/mol. The van der Waals surface area contributed by atoms with Crippen LogP contribution < -0.4 is 25.8 Å². The number of carbonyl (C=O) groups excluding carboxylic acids is 3. The van der Waals surface area contributed by atoms with E-state index >= 15 is 0 Å². The molecule has 13 nitrogen and oxygen atoms in total. The SMILES string of the molecule is COC(=O)COc1cc(N)cc(-c2ccnc(C)c2)c1.COC(=O)COc1cc(NC(=O)[C@H](Cc2ccccc2)NCc2cscn2)cc(-c2ccnc(C)c2)c1. The molecule has 6 rings (SSSR count). The van der Waals surface area contributed by atoms with E-state index in [1.54, 1.807) is 30.0 Å². The second kappa shape index (κ2) is 20.9. The second-order valence-corrected chi connectivity index (χ2v) is 13.4. The summed E-state index contributed by atoms with van der Waals surface area (Å²) in [5.74, 6) is -0.165. The zero-order chi connectivity index (χ0) is 40.6. The lowest BCUT2D eigenvalue weighted by Crippen LogP contribution is -2.41. The molecule has 0 saturated heterocycles. The molecular weight excluding hydrogens is 745 g/mol. The van der Waals surface area contributed by atoms with Crippen molar-refractivity contribution in [1.82, 2.24) is 20.3 Å². The van der Waals surface area contributed by atoms with E-state index in [4.69, 9.17) is 15.2 Å². The molecule has 3 heterocycles. The van der Waals surface area contributed by atoms with Crippen LogP contribution in [0.15, 0.2) is 114 Å². The fourth-order valence-electron chi connectivity index (χ4n) is 5.54. The molecular formula is C43H44N6O7S. The maximum absolute atomic E-state index is 13.5. The maximum Gasteiger partial charge on any atom is 0.343 e. The minimum Gasteiger partial charge on any atom is -0.482 e. The summed E-state index contributed by atoms with van der Waals surface area (Å²) < 4.78 is 20.2. The monoisotopic (exact) mass is 788 g/mol. The van der Waals surface area contributed by atoms with E-state index in [0.29, 0.717) is 35.8 Å². The predicted octanol–water partition coefficient (Wildman–Crippen LogP) is 6.60. The zero-order valence-electron chi connectivity index (χ0n) is 32.1. The number of thiazole rings is 1. The molecule has 0 fully saturated rings. The largest absolute Gasteiger partial charge is 0.482 e. The van der Waals surface area contributed by atoms with Crippen molar-refractivity contribution in [3.63, 3.8) is 0 Å². The van der Waals surface area contributed by atoms with Gasteiger partial charge >= 0.3 is 11.9 Å². The number of aromatic nitrogens is 3. The highest BCUT2D eigenvalue weighted by Crippen LogP contribution is 2.30. The van der Waals surface area contributed by atoms with Crippen LogP contribution in [0.2, 0.25) is 0 Å². The van der Waals surface area contributed by atoms with Gasteiger partial charge in [0.15, 0.2) is 13.2 Å². The van der Waals surface area contributed by atoms with Gasteiger partial charge in [-0.2, -0.15) is 0 Å². The van der Waals surface area contributed by atoms with Crippen molar-refractivity contribution < 1.29 is 33.3 Å². The number of methoxy groups -OCH3 is 2. The van der Waals surface area contributed by atoms with E-state index < -0.39 is 18.0 Å². The molecule has 294 valence electrons. The van der Waals surface area contributed by atoms with Gasteiger partial charge in [-0.1, -0.05) is 30.3 Å². The van der Waals surface area contributed by atoms with E-state index in [9.17, 15) is 14.4 Å². The van der Waals surface area contributed by atoms with Crippen molar-refractivity contribution in [2.24, 2.45) is 0 Å². The van der Waals surface area contributed by atoms with Crippen LogP contribution in [0.25, 0.3) is 22.3 Å². The molecule has 3 aromatic heterocycles. The number of benzene rings is 3. The van der Waals surface area contributed by atoms with Crippen molar-refractivity contribution in [2.75, 3.05) is 38.5 Å². The number of pyridine rings is 2. The molecule has 0 radical (unpaired) electrons. The lowest BCUT2D eigenvalue weighted by Gasteiger charge is -2.19. The number of esters is 2. The van der Waals surface area contributed by atoms with Gasteiger partial charge in [-0.15, -0.1) is 11.3 Å². The predicted molar refractivity (Wildman–Crippen MR) is 220 cm³/mol. The quantitative estimate of drug-likeness (QED) is 0.0752. The first-order valence-corrected chi connectivity index (χ1v) is 18.8. The fourth-order valence-corrected chi connectivity index (χ4v) is 6.09. The number of anilines is 2. The maximum atomic E-state index is 13.5. The highest BCUT2D eigenvalue weighted by molar-refractivity contribution is 7.07. The third-order valence-corrected chi connectivity index (χ3v) is 8.98. The molecule has 3 aromatic carbocycles. The van der Waals surface area contributed by atoms with Crippen LogP contribution in [-0.4, -0.2) is 66.3 Å². The molecule has 0 aliphatic heterocycles. The molecule has 1 amide bonds. The highest BCUT2D eigenvalue weighted by Gasteiger charge is 2.20. The fraction of sp³-hybridized carbons (Fsp3) is 0.209. The molecule has 0 aliphatic carbocycles. The Bertz CT molecular complexity index is 2250. The van der Waals surface area contributed by atoms with E-state index in [2.05, 4.69) is 35.1 Å².